The van der Waals surface area contributed by atoms with Crippen LogP contribution in [0.1, 0.15) is 38.2 Å². The van der Waals surface area contributed by atoms with E-state index in [0.717, 1.165) is 25.4 Å². The molecule has 1 aromatic carbocycles. The summed E-state index contributed by atoms with van der Waals surface area (Å²) in [7, 11) is 0. The number of nitrogens with zero attached hydrogens (tertiary/aromatic N) is 1. The molecule has 9 heteroatoms. The summed E-state index contributed by atoms with van der Waals surface area (Å²) < 4.78 is 14.9. The lowest BCUT2D eigenvalue weighted by molar-refractivity contribution is -0.159. The third-order valence-corrected chi connectivity index (χ3v) is 4.42. The number of nitrogens with one attached hydrogen (secondary N) is 1. The van der Waals surface area contributed by atoms with E-state index in [1.54, 1.807) is 0 Å². The van der Waals surface area contributed by atoms with Crippen LogP contribution in [0.3, 0.4) is 0 Å². The lowest BCUT2D eigenvalue weighted by atomic mass is 10.1. The molecule has 1 N–H and O–H groups in total. The van der Waals surface area contributed by atoms with Gasteiger partial charge in [0.15, 0.2) is 13.2 Å². The first-order valence-electron chi connectivity index (χ1n) is 10.0. The summed E-state index contributed by atoms with van der Waals surface area (Å²) in [6.07, 6.45) is 4.50. The number of benzene rings is 1. The second-order valence-electron chi connectivity index (χ2n) is 6.98. The molecule has 1 aliphatic heterocycles. The Bertz CT molecular complexity index is 679. The number of carbonyl (C=O) groups is 3. The van der Waals surface area contributed by atoms with Crippen molar-refractivity contribution in [1.82, 2.24) is 10.2 Å². The number of hydrogen-bond donors (Lipinski definition) is 1. The topological polar surface area (TPSA) is 94.2 Å². The van der Waals surface area contributed by atoms with Gasteiger partial charge in [0.2, 0.25) is 0 Å². The number of amides is 1. The number of piperidine rings is 1. The standard InChI is InChI=1S/C21H30N2O6.ClH/c1-17(24)28-16-21(26)29-15-20(25)22-9-6-12-27-19-8-5-7-18(13-19)14-23-10-3-2-4-11-23;/h5,7-8,13H,2-4,6,9-12,14-16H2,1H3,(H,22,25);1H. The fourth-order valence-corrected chi connectivity index (χ4v) is 3.00. The van der Waals surface area contributed by atoms with Crippen LogP contribution in [-0.4, -0.2) is 62.2 Å². The van der Waals surface area contributed by atoms with E-state index < -0.39 is 31.1 Å². The van der Waals surface area contributed by atoms with Gasteiger partial charge in [0.05, 0.1) is 6.61 Å². The molecule has 8 nitrogen and oxygen atoms in total. The second kappa shape index (κ2) is 14.6. The highest BCUT2D eigenvalue weighted by atomic mass is 35.5. The van der Waals surface area contributed by atoms with Crippen molar-refractivity contribution in [2.24, 2.45) is 0 Å². The molecule has 1 heterocycles. The van der Waals surface area contributed by atoms with Crippen LogP contribution in [-0.2, 0) is 30.4 Å². The molecule has 0 aromatic heterocycles. The molecule has 1 aromatic rings. The highest BCUT2D eigenvalue weighted by molar-refractivity contribution is 5.85. The Morgan fingerprint density at radius 2 is 1.83 bits per heavy atom. The van der Waals surface area contributed by atoms with Crippen LogP contribution in [0.15, 0.2) is 24.3 Å². The predicted octanol–water partition coefficient (Wildman–Crippen LogP) is 2.09. The average molecular weight is 443 g/mol. The molecule has 1 saturated heterocycles. The number of ether oxygens (including phenoxy) is 3. The molecular weight excluding hydrogens is 412 g/mol. The minimum absolute atomic E-state index is 0. The first-order chi connectivity index (χ1) is 14.0. The monoisotopic (exact) mass is 442 g/mol. The van der Waals surface area contributed by atoms with Crippen molar-refractivity contribution < 1.29 is 28.6 Å². The molecule has 30 heavy (non-hydrogen) atoms. The van der Waals surface area contributed by atoms with Gasteiger partial charge >= 0.3 is 11.9 Å². The second-order valence-corrected chi connectivity index (χ2v) is 6.98. The molecule has 2 rings (SSSR count). The molecule has 0 saturated carbocycles. The van der Waals surface area contributed by atoms with E-state index in [-0.39, 0.29) is 12.4 Å². The van der Waals surface area contributed by atoms with E-state index >= 15 is 0 Å². The van der Waals surface area contributed by atoms with E-state index in [1.807, 2.05) is 12.1 Å². The quantitative estimate of drug-likeness (QED) is 0.414. The summed E-state index contributed by atoms with van der Waals surface area (Å²) >= 11 is 0. The van der Waals surface area contributed by atoms with Crippen LogP contribution < -0.4 is 10.1 Å². The Labute approximate surface area is 183 Å². The van der Waals surface area contributed by atoms with Crippen LogP contribution in [0.25, 0.3) is 0 Å². The van der Waals surface area contributed by atoms with Gasteiger partial charge in [0.25, 0.3) is 5.91 Å². The Morgan fingerprint density at radius 3 is 2.57 bits per heavy atom. The summed E-state index contributed by atoms with van der Waals surface area (Å²) in [5.74, 6) is -0.929. The van der Waals surface area contributed by atoms with Crippen molar-refractivity contribution in [3.8, 4) is 5.75 Å². The van der Waals surface area contributed by atoms with Gasteiger partial charge in [-0.1, -0.05) is 18.6 Å². The van der Waals surface area contributed by atoms with Gasteiger partial charge in [-0.3, -0.25) is 14.5 Å². The summed E-state index contributed by atoms with van der Waals surface area (Å²) in [4.78, 5) is 35.9. The van der Waals surface area contributed by atoms with Gasteiger partial charge < -0.3 is 19.5 Å². The smallest absolute Gasteiger partial charge is 0.344 e. The van der Waals surface area contributed by atoms with E-state index in [0.29, 0.717) is 19.6 Å². The third-order valence-electron chi connectivity index (χ3n) is 4.42. The van der Waals surface area contributed by atoms with E-state index in [1.165, 1.54) is 31.7 Å². The lowest BCUT2D eigenvalue weighted by Crippen LogP contribution is -2.31. The van der Waals surface area contributed by atoms with E-state index in [2.05, 4.69) is 27.1 Å². The molecule has 0 spiro atoms. The van der Waals surface area contributed by atoms with Gasteiger partial charge in [-0.05, 0) is 50.0 Å². The van der Waals surface area contributed by atoms with Gasteiger partial charge in [-0.25, -0.2) is 4.79 Å². The molecule has 0 aliphatic carbocycles. The van der Waals surface area contributed by atoms with Crippen molar-refractivity contribution in [3.63, 3.8) is 0 Å². The van der Waals surface area contributed by atoms with Gasteiger partial charge in [-0.2, -0.15) is 0 Å². The minimum Gasteiger partial charge on any atom is -0.494 e. The van der Waals surface area contributed by atoms with E-state index in [4.69, 9.17) is 9.47 Å². The number of hydrogen-bond acceptors (Lipinski definition) is 7. The number of esters is 2. The lowest BCUT2D eigenvalue weighted by Gasteiger charge is -2.26. The number of likely N-dealkylation sites (tertiary alicyclic amines) is 1. The Kier molecular flexibility index (Phi) is 12.5. The largest absolute Gasteiger partial charge is 0.494 e. The fraction of sp³-hybridized carbons (Fsp3) is 0.571. The zero-order chi connectivity index (χ0) is 20.9. The molecule has 0 radical (unpaired) electrons. The number of carbonyl (C=O) groups excluding carboxylic acids is 3. The maximum atomic E-state index is 11.6. The van der Waals surface area contributed by atoms with Crippen molar-refractivity contribution in [2.45, 2.75) is 39.2 Å². The molecule has 1 aliphatic rings. The first kappa shape index (κ1) is 25.7. The van der Waals surface area contributed by atoms with Crippen LogP contribution in [0.4, 0.5) is 0 Å². The van der Waals surface area contributed by atoms with Crippen LogP contribution in [0, 0.1) is 0 Å². The van der Waals surface area contributed by atoms with Crippen LogP contribution in [0.5, 0.6) is 5.75 Å². The first-order valence-corrected chi connectivity index (χ1v) is 10.0. The number of halogens is 1. The normalized spacial score (nSPS) is 13.6. The van der Waals surface area contributed by atoms with Crippen LogP contribution >= 0.6 is 12.4 Å². The van der Waals surface area contributed by atoms with E-state index in [9.17, 15) is 14.4 Å². The van der Waals surface area contributed by atoms with Crippen LogP contribution in [0.2, 0.25) is 0 Å². The maximum absolute atomic E-state index is 11.6. The Hall–Kier alpha value is -2.32. The number of rotatable bonds is 11. The Morgan fingerprint density at radius 1 is 1.07 bits per heavy atom. The SMILES string of the molecule is CC(=O)OCC(=O)OCC(=O)NCCCOc1cccc(CN2CCCCC2)c1.Cl. The van der Waals surface area contributed by atoms with Crippen molar-refractivity contribution in [3.05, 3.63) is 29.8 Å². The van der Waals surface area contributed by atoms with Gasteiger partial charge in [0.1, 0.15) is 5.75 Å². The summed E-state index contributed by atoms with van der Waals surface area (Å²) in [6.45, 7) is 4.43. The zero-order valence-corrected chi connectivity index (χ0v) is 18.2. The molecular formula is C21H31ClN2O6. The molecule has 0 unspecified atom stereocenters. The van der Waals surface area contributed by atoms with Gasteiger partial charge in [-0.15, -0.1) is 12.4 Å². The molecule has 168 valence electrons. The highest BCUT2D eigenvalue weighted by Gasteiger charge is 2.11. The summed E-state index contributed by atoms with van der Waals surface area (Å²) in [6, 6.07) is 8.11. The fourth-order valence-electron chi connectivity index (χ4n) is 3.00. The molecule has 1 fully saturated rings. The molecule has 1 amide bonds. The third kappa shape index (κ3) is 11.0. The Balaban J connectivity index is 0.00000450. The average Bonchev–Trinajstić information content (AvgIpc) is 2.71. The van der Waals surface area contributed by atoms with Crippen molar-refractivity contribution in [1.29, 1.82) is 0 Å². The summed E-state index contributed by atoms with van der Waals surface area (Å²) in [5.41, 5.74) is 1.24. The minimum atomic E-state index is -0.761. The van der Waals surface area contributed by atoms with Crippen molar-refractivity contribution in [2.75, 3.05) is 39.5 Å². The maximum Gasteiger partial charge on any atom is 0.344 e. The highest BCUT2D eigenvalue weighted by Crippen LogP contribution is 2.17. The zero-order valence-electron chi connectivity index (χ0n) is 17.4. The molecule has 0 bridgehead atoms. The van der Waals surface area contributed by atoms with Crippen molar-refractivity contribution >= 4 is 30.3 Å². The van der Waals surface area contributed by atoms with Gasteiger partial charge in [0, 0.05) is 20.0 Å². The summed E-state index contributed by atoms with van der Waals surface area (Å²) in [5, 5.41) is 2.64. The predicted molar refractivity (Wildman–Crippen MR) is 114 cm³/mol. The molecule has 0 atom stereocenters.